The fourth-order valence-corrected chi connectivity index (χ4v) is 6.41. The van der Waals surface area contributed by atoms with Crippen molar-refractivity contribution in [1.29, 1.82) is 0 Å². The first-order valence-corrected chi connectivity index (χ1v) is 13.5. The molecule has 0 aliphatic heterocycles. The fourth-order valence-electron chi connectivity index (χ4n) is 6.41. The Morgan fingerprint density at radius 1 is 0.548 bits per heavy atom. The second kappa shape index (κ2) is 11.3. The smallest absolute Gasteiger partial charge is 0.0159 e. The predicted octanol–water partition coefficient (Wildman–Crippen LogP) is 9.89. The molecule has 0 nitrogen and oxygen atoms in total. The SMILES string of the molecule is CCCCCC1CCC(c2ccc(-c3ccc(C4CCC(CCC)C4)cc3)cc2)CC1. The van der Waals surface area contributed by atoms with Gasteiger partial charge in [0.2, 0.25) is 0 Å². The van der Waals surface area contributed by atoms with Gasteiger partial charge >= 0.3 is 0 Å². The van der Waals surface area contributed by atoms with E-state index in [0.29, 0.717) is 0 Å². The number of benzene rings is 2. The molecule has 2 aromatic rings. The summed E-state index contributed by atoms with van der Waals surface area (Å²) in [6.07, 6.45) is 18.3. The van der Waals surface area contributed by atoms with Gasteiger partial charge in [-0.15, -0.1) is 0 Å². The van der Waals surface area contributed by atoms with Crippen molar-refractivity contribution < 1.29 is 0 Å². The summed E-state index contributed by atoms with van der Waals surface area (Å²) in [6.45, 7) is 4.64. The second-order valence-electron chi connectivity index (χ2n) is 10.6. The number of hydrogen-bond donors (Lipinski definition) is 0. The van der Waals surface area contributed by atoms with E-state index in [9.17, 15) is 0 Å². The van der Waals surface area contributed by atoms with Crippen molar-refractivity contribution in [2.45, 2.75) is 109 Å². The summed E-state index contributed by atoms with van der Waals surface area (Å²) >= 11 is 0. The van der Waals surface area contributed by atoms with E-state index < -0.39 is 0 Å². The molecular weight excluding hydrogens is 372 g/mol. The minimum absolute atomic E-state index is 0.789. The van der Waals surface area contributed by atoms with E-state index in [1.807, 2.05) is 0 Å². The molecule has 0 amide bonds. The number of hydrogen-bond acceptors (Lipinski definition) is 0. The number of unbranched alkanes of at least 4 members (excludes halogenated alkanes) is 2. The molecule has 4 rings (SSSR count). The molecule has 2 atom stereocenters. The summed E-state index contributed by atoms with van der Waals surface area (Å²) in [6, 6.07) is 19.1. The Bertz CT molecular complexity index is 761. The first-order chi connectivity index (χ1) is 15.3. The van der Waals surface area contributed by atoms with Crippen molar-refractivity contribution in [3.63, 3.8) is 0 Å². The summed E-state index contributed by atoms with van der Waals surface area (Å²) in [4.78, 5) is 0. The van der Waals surface area contributed by atoms with E-state index in [4.69, 9.17) is 0 Å². The van der Waals surface area contributed by atoms with E-state index in [1.165, 1.54) is 94.6 Å². The Morgan fingerprint density at radius 2 is 1.10 bits per heavy atom. The first kappa shape index (κ1) is 22.6. The Labute approximate surface area is 191 Å². The van der Waals surface area contributed by atoms with Crippen LogP contribution in [0.5, 0.6) is 0 Å². The van der Waals surface area contributed by atoms with E-state index in [1.54, 1.807) is 11.1 Å². The van der Waals surface area contributed by atoms with Crippen LogP contribution in [0.2, 0.25) is 0 Å². The Hall–Kier alpha value is -1.56. The molecule has 0 heteroatoms. The molecule has 2 aliphatic rings. The highest BCUT2D eigenvalue weighted by atomic mass is 14.3. The van der Waals surface area contributed by atoms with Crippen molar-refractivity contribution in [2.75, 3.05) is 0 Å². The van der Waals surface area contributed by atoms with Gasteiger partial charge in [0.25, 0.3) is 0 Å². The lowest BCUT2D eigenvalue weighted by Crippen LogP contribution is -2.13. The normalized spacial score (nSPS) is 26.3. The van der Waals surface area contributed by atoms with Crippen LogP contribution in [0, 0.1) is 11.8 Å². The third kappa shape index (κ3) is 6.03. The third-order valence-electron chi connectivity index (χ3n) is 8.40. The van der Waals surface area contributed by atoms with Gasteiger partial charge in [-0.2, -0.15) is 0 Å². The van der Waals surface area contributed by atoms with Crippen molar-refractivity contribution >= 4 is 0 Å². The molecular formula is C31H44. The predicted molar refractivity (Wildman–Crippen MR) is 136 cm³/mol. The zero-order valence-corrected chi connectivity index (χ0v) is 20.1. The lowest BCUT2D eigenvalue weighted by atomic mass is 9.77. The van der Waals surface area contributed by atoms with Gasteiger partial charge in [0.15, 0.2) is 0 Å². The summed E-state index contributed by atoms with van der Waals surface area (Å²) in [5.41, 5.74) is 5.88. The van der Waals surface area contributed by atoms with Gasteiger partial charge < -0.3 is 0 Å². The van der Waals surface area contributed by atoms with Crippen molar-refractivity contribution in [3.8, 4) is 11.1 Å². The summed E-state index contributed by atoms with van der Waals surface area (Å²) in [5.74, 6) is 3.55. The highest BCUT2D eigenvalue weighted by Crippen LogP contribution is 2.41. The van der Waals surface area contributed by atoms with Crippen molar-refractivity contribution in [1.82, 2.24) is 0 Å². The van der Waals surface area contributed by atoms with Crippen LogP contribution >= 0.6 is 0 Å². The molecule has 0 heterocycles. The summed E-state index contributed by atoms with van der Waals surface area (Å²) in [7, 11) is 0. The van der Waals surface area contributed by atoms with E-state index in [0.717, 1.165) is 23.7 Å². The maximum absolute atomic E-state index is 2.41. The average molecular weight is 417 g/mol. The molecule has 2 aliphatic carbocycles. The van der Waals surface area contributed by atoms with Gasteiger partial charge in [0.05, 0.1) is 0 Å². The van der Waals surface area contributed by atoms with Crippen LogP contribution in [-0.4, -0.2) is 0 Å². The minimum atomic E-state index is 0.789. The standard InChI is InChI=1S/C31H44/c1-3-5-6-8-24-9-12-26(13-10-24)27-15-17-28(18-16-27)29-19-21-30(22-20-29)31-14-11-25(23-31)7-4-2/h15-22,24-26,31H,3-14,23H2,1-2H3. The Kier molecular flexibility index (Phi) is 8.28. The van der Waals surface area contributed by atoms with Gasteiger partial charge in [-0.1, -0.05) is 101 Å². The second-order valence-corrected chi connectivity index (χ2v) is 10.6. The van der Waals surface area contributed by atoms with Crippen molar-refractivity contribution in [3.05, 3.63) is 59.7 Å². The van der Waals surface area contributed by atoms with Crippen LogP contribution < -0.4 is 0 Å². The zero-order chi connectivity index (χ0) is 21.5. The Balaban J connectivity index is 1.30. The van der Waals surface area contributed by atoms with E-state index >= 15 is 0 Å². The molecule has 2 saturated carbocycles. The lowest BCUT2D eigenvalue weighted by molar-refractivity contribution is 0.303. The third-order valence-corrected chi connectivity index (χ3v) is 8.40. The fraction of sp³-hybridized carbons (Fsp3) is 0.613. The quantitative estimate of drug-likeness (QED) is 0.357. The van der Waals surface area contributed by atoms with Crippen LogP contribution in [0.15, 0.2) is 48.5 Å². The Morgan fingerprint density at radius 3 is 1.68 bits per heavy atom. The zero-order valence-electron chi connectivity index (χ0n) is 20.1. The first-order valence-electron chi connectivity index (χ1n) is 13.5. The van der Waals surface area contributed by atoms with Crippen LogP contribution in [0.25, 0.3) is 11.1 Å². The van der Waals surface area contributed by atoms with Gasteiger partial charge in [-0.25, -0.2) is 0 Å². The van der Waals surface area contributed by atoms with E-state index in [-0.39, 0.29) is 0 Å². The molecule has 0 N–H and O–H groups in total. The van der Waals surface area contributed by atoms with Crippen LogP contribution in [0.3, 0.4) is 0 Å². The minimum Gasteiger partial charge on any atom is -0.0654 e. The molecule has 0 aromatic heterocycles. The molecule has 2 unspecified atom stereocenters. The summed E-state index contributed by atoms with van der Waals surface area (Å²) in [5, 5.41) is 0. The maximum atomic E-state index is 2.41. The molecule has 2 fully saturated rings. The number of rotatable bonds is 9. The van der Waals surface area contributed by atoms with Gasteiger partial charge in [0, 0.05) is 0 Å². The molecule has 0 bridgehead atoms. The van der Waals surface area contributed by atoms with Crippen molar-refractivity contribution in [2.24, 2.45) is 11.8 Å². The molecule has 168 valence electrons. The monoisotopic (exact) mass is 416 g/mol. The highest BCUT2D eigenvalue weighted by Gasteiger charge is 2.25. The van der Waals surface area contributed by atoms with Gasteiger partial charge in [-0.05, 0) is 90.9 Å². The van der Waals surface area contributed by atoms with Crippen LogP contribution in [-0.2, 0) is 0 Å². The van der Waals surface area contributed by atoms with Crippen LogP contribution in [0.4, 0.5) is 0 Å². The summed E-state index contributed by atoms with van der Waals surface area (Å²) < 4.78 is 0. The highest BCUT2D eigenvalue weighted by molar-refractivity contribution is 5.64. The molecule has 0 saturated heterocycles. The molecule has 2 aromatic carbocycles. The maximum Gasteiger partial charge on any atom is -0.0159 e. The molecule has 0 radical (unpaired) electrons. The average Bonchev–Trinajstić information content (AvgIpc) is 3.29. The largest absolute Gasteiger partial charge is 0.0654 e. The van der Waals surface area contributed by atoms with Gasteiger partial charge in [-0.3, -0.25) is 0 Å². The molecule has 0 spiro atoms. The van der Waals surface area contributed by atoms with Gasteiger partial charge in [0.1, 0.15) is 0 Å². The van der Waals surface area contributed by atoms with Crippen LogP contribution in [0.1, 0.15) is 120 Å². The van der Waals surface area contributed by atoms with E-state index in [2.05, 4.69) is 62.4 Å². The topological polar surface area (TPSA) is 0 Å². The lowest BCUT2D eigenvalue weighted by Gasteiger charge is -2.29. The molecule has 31 heavy (non-hydrogen) atoms.